The van der Waals surface area contributed by atoms with Gasteiger partial charge in [-0.25, -0.2) is 3.21 Å². The Morgan fingerprint density at radius 1 is 1.33 bits per heavy atom. The van der Waals surface area contributed by atoms with Crippen molar-refractivity contribution in [1.29, 1.82) is 0 Å². The molecular weight excluding hydrogens is 378 g/mol. The maximum absolute atomic E-state index is 4.32. The molecule has 0 aromatic carbocycles. The minimum atomic E-state index is 0.720. The van der Waals surface area contributed by atoms with E-state index in [1.165, 1.54) is 37.9 Å². The van der Waals surface area contributed by atoms with Crippen molar-refractivity contribution in [2.75, 3.05) is 7.05 Å². The summed E-state index contributed by atoms with van der Waals surface area (Å²) in [5.41, 5.74) is 0. The highest BCUT2D eigenvalue weighted by atomic mass is 127. The second-order valence-electron chi connectivity index (χ2n) is 3.25. The predicted octanol–water partition coefficient (Wildman–Crippen LogP) is 3.60. The van der Waals surface area contributed by atoms with E-state index in [1.54, 1.807) is 0 Å². The molecule has 0 aromatic heterocycles. The van der Waals surface area contributed by atoms with Crippen molar-refractivity contribution < 1.29 is 0 Å². The Hall–Kier alpha value is 0.930. The molecule has 0 heterocycles. The van der Waals surface area contributed by atoms with Crippen LogP contribution in [0.25, 0.3) is 0 Å². The summed E-state index contributed by atoms with van der Waals surface area (Å²) >= 11 is 4.41. The molecule has 0 amide bonds. The van der Waals surface area contributed by atoms with Gasteiger partial charge in [0.05, 0.1) is 45.7 Å². The van der Waals surface area contributed by atoms with Gasteiger partial charge in [0.15, 0.2) is 0 Å². The number of hydrogen-bond acceptors (Lipinski definition) is 1. The molecule has 1 aliphatic carbocycles. The van der Waals surface area contributed by atoms with Crippen molar-refractivity contribution in [1.82, 2.24) is 3.11 Å². The molecule has 1 aliphatic rings. The summed E-state index contributed by atoms with van der Waals surface area (Å²) in [5, 5.41) is 0. The van der Waals surface area contributed by atoms with Gasteiger partial charge in [-0.15, -0.1) is 0 Å². The Bertz CT molecular complexity index is 162. The molecule has 0 saturated heterocycles. The Labute approximate surface area is 102 Å². The second kappa shape index (κ2) is 5.62. The topological polar surface area (TPSA) is 15.6 Å². The molecule has 0 aliphatic heterocycles. The van der Waals surface area contributed by atoms with Crippen LogP contribution in [0.2, 0.25) is 0 Å². The van der Waals surface area contributed by atoms with E-state index in [1.807, 2.05) is 0 Å². The Morgan fingerprint density at radius 2 is 1.92 bits per heavy atom. The summed E-state index contributed by atoms with van der Waals surface area (Å²) < 4.78 is 6.44. The first-order chi connectivity index (χ1) is 5.75. The molecule has 0 bridgehead atoms. The van der Waals surface area contributed by atoms with E-state index in [0.29, 0.717) is 0 Å². The fraction of sp³-hybridized carbons (Fsp3) is 0.875. The summed E-state index contributed by atoms with van der Waals surface area (Å²) in [6.45, 7) is 0. The molecule has 0 unspecified atom stereocenters. The van der Waals surface area contributed by atoms with Gasteiger partial charge in [0.2, 0.25) is 0 Å². The molecule has 0 spiro atoms. The normalized spacial score (nSPS) is 21.1. The molecule has 0 radical (unpaired) electrons. The van der Waals surface area contributed by atoms with E-state index in [9.17, 15) is 0 Å². The quantitative estimate of drug-likeness (QED) is 0.288. The summed E-state index contributed by atoms with van der Waals surface area (Å²) in [7, 11) is 2.08. The van der Waals surface area contributed by atoms with Crippen LogP contribution in [-0.2, 0) is 0 Å². The highest BCUT2D eigenvalue weighted by Gasteiger charge is 2.20. The lowest BCUT2D eigenvalue weighted by atomic mass is 9.88. The third kappa shape index (κ3) is 3.01. The van der Waals surface area contributed by atoms with Crippen molar-refractivity contribution in [3.63, 3.8) is 0 Å². The molecule has 0 aromatic rings. The molecule has 4 heteroatoms. The van der Waals surface area contributed by atoms with Crippen LogP contribution >= 0.6 is 45.7 Å². The first kappa shape index (κ1) is 11.0. The fourth-order valence-electron chi connectivity index (χ4n) is 1.73. The zero-order valence-corrected chi connectivity index (χ0v) is 11.6. The van der Waals surface area contributed by atoms with Gasteiger partial charge in [-0.1, -0.05) is 19.3 Å². The lowest BCUT2D eigenvalue weighted by molar-refractivity contribution is 0.427. The highest BCUT2D eigenvalue weighted by Crippen LogP contribution is 2.27. The molecule has 1 saturated carbocycles. The standard InChI is InChI=1S/C8H14I2N2/c1-12(10)8(11-9)7-5-3-2-4-6-7/h7H,2-6H2,1H3. The van der Waals surface area contributed by atoms with Gasteiger partial charge in [0.1, 0.15) is 5.84 Å². The molecule has 70 valence electrons. The summed E-state index contributed by atoms with van der Waals surface area (Å²) in [6.07, 6.45) is 6.83. The number of halogens is 2. The van der Waals surface area contributed by atoms with E-state index in [-0.39, 0.29) is 0 Å². The predicted molar refractivity (Wildman–Crippen MR) is 69.8 cm³/mol. The minimum absolute atomic E-state index is 0.720. The number of amidine groups is 1. The van der Waals surface area contributed by atoms with Gasteiger partial charge in [-0.3, -0.25) is 0 Å². The van der Waals surface area contributed by atoms with Crippen molar-refractivity contribution in [2.24, 2.45) is 9.12 Å². The molecule has 1 fully saturated rings. The highest BCUT2D eigenvalue weighted by molar-refractivity contribution is 14.1. The van der Waals surface area contributed by atoms with Crippen LogP contribution < -0.4 is 0 Å². The van der Waals surface area contributed by atoms with Gasteiger partial charge in [-0.05, 0) is 12.8 Å². The van der Waals surface area contributed by atoms with E-state index in [0.717, 1.165) is 5.92 Å². The smallest absolute Gasteiger partial charge is 0.122 e. The lowest BCUT2D eigenvalue weighted by Gasteiger charge is -2.25. The molecule has 2 nitrogen and oxygen atoms in total. The molecule has 1 rings (SSSR count). The van der Waals surface area contributed by atoms with Gasteiger partial charge in [-0.2, -0.15) is 0 Å². The van der Waals surface area contributed by atoms with Crippen LogP contribution in [-0.4, -0.2) is 16.0 Å². The van der Waals surface area contributed by atoms with Crippen LogP contribution in [0, 0.1) is 5.92 Å². The zero-order chi connectivity index (χ0) is 8.97. The van der Waals surface area contributed by atoms with E-state index in [2.05, 4.69) is 59.1 Å². The maximum Gasteiger partial charge on any atom is 0.122 e. The largest absolute Gasteiger partial charge is 0.305 e. The van der Waals surface area contributed by atoms with Gasteiger partial charge >= 0.3 is 0 Å². The second-order valence-corrected chi connectivity index (χ2v) is 5.18. The van der Waals surface area contributed by atoms with Crippen molar-refractivity contribution in [2.45, 2.75) is 32.1 Å². The van der Waals surface area contributed by atoms with Crippen molar-refractivity contribution >= 4 is 51.6 Å². The average Bonchev–Trinajstić information content (AvgIpc) is 2.07. The molecule has 0 atom stereocenters. The van der Waals surface area contributed by atoms with Gasteiger partial charge in [0.25, 0.3) is 0 Å². The summed E-state index contributed by atoms with van der Waals surface area (Å²) in [4.78, 5) is 0. The molecular formula is C8H14I2N2. The van der Waals surface area contributed by atoms with Gasteiger partial charge < -0.3 is 3.11 Å². The number of hydrogen-bond donors (Lipinski definition) is 0. The Balaban J connectivity index is 2.53. The fourth-order valence-corrected chi connectivity index (χ4v) is 3.37. The summed E-state index contributed by atoms with van der Waals surface area (Å²) in [6, 6.07) is 0. The SMILES string of the molecule is CN(I)C(=NI)C1CCCCC1. The Morgan fingerprint density at radius 3 is 2.33 bits per heavy atom. The Kier molecular flexibility index (Phi) is 5.15. The van der Waals surface area contributed by atoms with E-state index >= 15 is 0 Å². The first-order valence-electron chi connectivity index (χ1n) is 4.34. The van der Waals surface area contributed by atoms with E-state index in [4.69, 9.17) is 0 Å². The third-order valence-corrected chi connectivity index (χ3v) is 3.36. The monoisotopic (exact) mass is 392 g/mol. The van der Waals surface area contributed by atoms with Crippen LogP contribution in [0.15, 0.2) is 3.21 Å². The molecule has 0 N–H and O–H groups in total. The first-order valence-corrected chi connectivity index (χ1v) is 6.27. The molecule has 12 heavy (non-hydrogen) atoms. The minimum Gasteiger partial charge on any atom is -0.305 e. The third-order valence-electron chi connectivity index (χ3n) is 2.37. The lowest BCUT2D eigenvalue weighted by Crippen LogP contribution is -2.26. The van der Waals surface area contributed by atoms with Crippen LogP contribution in [0.3, 0.4) is 0 Å². The van der Waals surface area contributed by atoms with Gasteiger partial charge in [0, 0.05) is 13.0 Å². The van der Waals surface area contributed by atoms with Crippen LogP contribution in [0.5, 0.6) is 0 Å². The van der Waals surface area contributed by atoms with Crippen molar-refractivity contribution in [3.05, 3.63) is 0 Å². The zero-order valence-electron chi connectivity index (χ0n) is 7.26. The summed E-state index contributed by atoms with van der Waals surface area (Å²) in [5.74, 6) is 1.98. The number of nitrogens with zero attached hydrogens (tertiary/aromatic N) is 2. The van der Waals surface area contributed by atoms with Crippen molar-refractivity contribution in [3.8, 4) is 0 Å². The van der Waals surface area contributed by atoms with Crippen LogP contribution in [0.4, 0.5) is 0 Å². The van der Waals surface area contributed by atoms with E-state index < -0.39 is 0 Å². The number of rotatable bonds is 1. The maximum atomic E-state index is 4.32. The average molecular weight is 392 g/mol. The van der Waals surface area contributed by atoms with Crippen LogP contribution in [0.1, 0.15) is 32.1 Å².